The Kier molecular flexibility index (Phi) is 5.96. The van der Waals surface area contributed by atoms with E-state index < -0.39 is 10.0 Å². The molecular weight excluding hydrogens is 336 g/mol. The number of sulfonamides is 1. The third-order valence-corrected chi connectivity index (χ3v) is 5.75. The number of hydrogen-bond donors (Lipinski definition) is 1. The van der Waals surface area contributed by atoms with E-state index in [2.05, 4.69) is 4.72 Å². The number of fused-ring (bicyclic) bond motifs is 1. The van der Waals surface area contributed by atoms with Crippen LogP contribution in [0.5, 0.6) is 0 Å². The Balaban J connectivity index is 2.21. The Labute approximate surface area is 140 Å². The zero-order chi connectivity index (χ0) is 17.0. The summed E-state index contributed by atoms with van der Waals surface area (Å²) in [6.07, 6.45) is 0.617. The number of nitrogens with zero attached hydrogens (tertiary/aromatic N) is 1. The summed E-state index contributed by atoms with van der Waals surface area (Å²) in [5.74, 6) is 0. The van der Waals surface area contributed by atoms with Crippen molar-refractivity contribution in [1.29, 1.82) is 0 Å². The van der Waals surface area contributed by atoms with E-state index in [0.29, 0.717) is 30.9 Å². The fourth-order valence-electron chi connectivity index (χ4n) is 2.28. The molecule has 0 fully saturated rings. The highest BCUT2D eigenvalue weighted by Crippen LogP contribution is 2.23. The number of ether oxygens (including phenoxy) is 1. The van der Waals surface area contributed by atoms with Gasteiger partial charge in [0.15, 0.2) is 0 Å². The van der Waals surface area contributed by atoms with Crippen molar-refractivity contribution in [3.8, 4) is 0 Å². The zero-order valence-electron chi connectivity index (χ0n) is 13.5. The van der Waals surface area contributed by atoms with E-state index in [1.54, 1.807) is 16.7 Å². The minimum absolute atomic E-state index is 0.0374. The van der Waals surface area contributed by atoms with Gasteiger partial charge in [-0.05, 0) is 45.4 Å². The highest BCUT2D eigenvalue weighted by Gasteiger charge is 2.17. The minimum Gasteiger partial charge on any atom is -0.382 e. The molecule has 0 atom stereocenters. The molecule has 0 aliphatic carbocycles. The molecule has 0 spiro atoms. The second-order valence-electron chi connectivity index (χ2n) is 5.41. The summed E-state index contributed by atoms with van der Waals surface area (Å²) in [6, 6.07) is 4.83. The van der Waals surface area contributed by atoms with Crippen LogP contribution in [-0.2, 0) is 14.8 Å². The Morgan fingerprint density at radius 3 is 2.74 bits per heavy atom. The lowest BCUT2D eigenvalue weighted by Crippen LogP contribution is -2.25. The molecule has 2 aromatic rings. The van der Waals surface area contributed by atoms with Gasteiger partial charge in [-0.25, -0.2) is 13.1 Å². The summed E-state index contributed by atoms with van der Waals surface area (Å²) in [6.45, 7) is 7.22. The molecule has 0 amide bonds. The molecule has 8 heteroatoms. The van der Waals surface area contributed by atoms with Gasteiger partial charge in [0, 0.05) is 25.8 Å². The first-order valence-corrected chi connectivity index (χ1v) is 9.89. The SMILES string of the molecule is CCOCCCNS(=O)(=O)c1ccc2c(c1)sc(=O)n2C(C)C. The van der Waals surface area contributed by atoms with Crippen LogP contribution >= 0.6 is 11.3 Å². The van der Waals surface area contributed by atoms with Gasteiger partial charge in [-0.2, -0.15) is 0 Å². The maximum absolute atomic E-state index is 12.3. The van der Waals surface area contributed by atoms with Crippen molar-refractivity contribution in [1.82, 2.24) is 9.29 Å². The van der Waals surface area contributed by atoms with Gasteiger partial charge in [0.2, 0.25) is 10.0 Å². The number of hydrogen-bond acceptors (Lipinski definition) is 5. The Hall–Kier alpha value is -1.22. The smallest absolute Gasteiger partial charge is 0.308 e. The van der Waals surface area contributed by atoms with Crippen LogP contribution in [0.15, 0.2) is 27.9 Å². The number of thiazole rings is 1. The van der Waals surface area contributed by atoms with Crippen molar-refractivity contribution in [3.63, 3.8) is 0 Å². The van der Waals surface area contributed by atoms with Gasteiger partial charge in [-0.1, -0.05) is 11.3 Å². The first-order valence-electron chi connectivity index (χ1n) is 7.59. The van der Waals surface area contributed by atoms with Gasteiger partial charge in [-0.15, -0.1) is 0 Å². The average molecular weight is 358 g/mol. The molecule has 1 N–H and O–H groups in total. The zero-order valence-corrected chi connectivity index (χ0v) is 15.2. The maximum Gasteiger partial charge on any atom is 0.308 e. The topological polar surface area (TPSA) is 77.4 Å². The summed E-state index contributed by atoms with van der Waals surface area (Å²) < 4.78 is 34.7. The van der Waals surface area contributed by atoms with E-state index in [-0.39, 0.29) is 15.8 Å². The highest BCUT2D eigenvalue weighted by atomic mass is 32.2. The molecule has 1 aromatic carbocycles. The van der Waals surface area contributed by atoms with E-state index >= 15 is 0 Å². The third kappa shape index (κ3) is 4.20. The average Bonchev–Trinajstić information content (AvgIpc) is 2.81. The van der Waals surface area contributed by atoms with Crippen molar-refractivity contribution in [2.24, 2.45) is 0 Å². The van der Waals surface area contributed by atoms with Crippen LogP contribution in [0.4, 0.5) is 0 Å². The maximum atomic E-state index is 12.3. The summed E-state index contributed by atoms with van der Waals surface area (Å²) in [4.78, 5) is 12.1. The van der Waals surface area contributed by atoms with Crippen LogP contribution in [0.1, 0.15) is 33.2 Å². The Morgan fingerprint density at radius 1 is 1.35 bits per heavy atom. The number of nitrogens with one attached hydrogen (secondary N) is 1. The normalized spacial score (nSPS) is 12.3. The van der Waals surface area contributed by atoms with Crippen LogP contribution in [0.3, 0.4) is 0 Å². The molecule has 6 nitrogen and oxygen atoms in total. The predicted octanol–water partition coefficient (Wildman–Crippen LogP) is 2.35. The quantitative estimate of drug-likeness (QED) is 0.735. The van der Waals surface area contributed by atoms with Gasteiger partial charge in [0.25, 0.3) is 0 Å². The fourth-order valence-corrected chi connectivity index (χ4v) is 4.51. The number of benzene rings is 1. The highest BCUT2D eigenvalue weighted by molar-refractivity contribution is 7.89. The second-order valence-corrected chi connectivity index (χ2v) is 8.17. The molecular formula is C15H22N2O4S2. The Morgan fingerprint density at radius 2 is 2.09 bits per heavy atom. The molecule has 0 saturated carbocycles. The molecule has 0 unspecified atom stereocenters. The standard InChI is InChI=1S/C15H22N2O4S2/c1-4-21-9-5-8-16-23(19,20)12-6-7-13-14(10-12)22-15(18)17(13)11(2)3/h6-7,10-11,16H,4-5,8-9H2,1-3H3. The first kappa shape index (κ1) is 18.1. The van der Waals surface area contributed by atoms with E-state index in [1.807, 2.05) is 20.8 Å². The second kappa shape index (κ2) is 7.57. The fraction of sp³-hybridized carbons (Fsp3) is 0.533. The van der Waals surface area contributed by atoms with Gasteiger partial charge in [0.1, 0.15) is 0 Å². The molecule has 0 aliphatic heterocycles. The summed E-state index contributed by atoms with van der Waals surface area (Å²) in [7, 11) is -3.57. The predicted molar refractivity (Wildman–Crippen MR) is 92.8 cm³/mol. The molecule has 23 heavy (non-hydrogen) atoms. The largest absolute Gasteiger partial charge is 0.382 e. The van der Waals surface area contributed by atoms with Crippen LogP contribution < -0.4 is 9.60 Å². The Bertz CT molecular complexity index is 822. The monoisotopic (exact) mass is 358 g/mol. The van der Waals surface area contributed by atoms with Crippen molar-refractivity contribution in [2.75, 3.05) is 19.8 Å². The molecule has 0 radical (unpaired) electrons. The molecule has 1 aromatic heterocycles. The van der Waals surface area contributed by atoms with E-state index in [4.69, 9.17) is 4.74 Å². The molecule has 0 bridgehead atoms. The molecule has 128 valence electrons. The van der Waals surface area contributed by atoms with Gasteiger partial charge < -0.3 is 4.74 Å². The lowest BCUT2D eigenvalue weighted by molar-refractivity contribution is 0.146. The van der Waals surface area contributed by atoms with Crippen molar-refractivity contribution in [3.05, 3.63) is 27.9 Å². The van der Waals surface area contributed by atoms with Gasteiger partial charge >= 0.3 is 4.87 Å². The summed E-state index contributed by atoms with van der Waals surface area (Å²) >= 11 is 1.07. The van der Waals surface area contributed by atoms with Crippen LogP contribution in [0.25, 0.3) is 10.2 Å². The lowest BCUT2D eigenvalue weighted by atomic mass is 10.3. The van der Waals surface area contributed by atoms with Gasteiger partial charge in [-0.3, -0.25) is 9.36 Å². The van der Waals surface area contributed by atoms with Crippen LogP contribution in [0, 0.1) is 0 Å². The van der Waals surface area contributed by atoms with Crippen molar-refractivity contribution >= 4 is 31.6 Å². The van der Waals surface area contributed by atoms with Gasteiger partial charge in [0.05, 0.1) is 15.1 Å². The minimum atomic E-state index is -3.57. The summed E-state index contributed by atoms with van der Waals surface area (Å²) in [5, 5.41) is 0. The lowest BCUT2D eigenvalue weighted by Gasteiger charge is -2.09. The molecule has 0 saturated heterocycles. The number of aromatic nitrogens is 1. The summed E-state index contributed by atoms with van der Waals surface area (Å²) in [5.41, 5.74) is 0.769. The van der Waals surface area contributed by atoms with Crippen molar-refractivity contribution in [2.45, 2.75) is 38.1 Å². The van der Waals surface area contributed by atoms with Crippen molar-refractivity contribution < 1.29 is 13.2 Å². The van der Waals surface area contributed by atoms with E-state index in [0.717, 1.165) is 16.9 Å². The third-order valence-electron chi connectivity index (χ3n) is 3.37. The van der Waals surface area contributed by atoms with E-state index in [9.17, 15) is 13.2 Å². The van der Waals surface area contributed by atoms with Crippen LogP contribution in [0.2, 0.25) is 0 Å². The number of rotatable bonds is 8. The van der Waals surface area contributed by atoms with Crippen LogP contribution in [-0.4, -0.2) is 32.7 Å². The molecule has 1 heterocycles. The first-order chi connectivity index (χ1) is 10.9. The van der Waals surface area contributed by atoms with E-state index in [1.165, 1.54) is 6.07 Å². The molecule has 2 rings (SSSR count). The molecule has 0 aliphatic rings.